The van der Waals surface area contributed by atoms with Gasteiger partial charge in [-0.05, 0) is 38.5 Å². The summed E-state index contributed by atoms with van der Waals surface area (Å²) in [5.41, 5.74) is 2.92. The summed E-state index contributed by atoms with van der Waals surface area (Å²) in [4.78, 5) is 20.9. The Hall–Kier alpha value is -1.54. The number of carbonyl (C=O) groups is 1. The number of nitrogens with zero attached hydrogens (tertiary/aromatic N) is 4. The molecule has 6 nitrogen and oxygen atoms in total. The Labute approximate surface area is 138 Å². The fraction of sp³-hybridized carbons (Fsp3) is 0.500. The van der Waals surface area contributed by atoms with Gasteiger partial charge in [-0.3, -0.25) is 4.79 Å². The first kappa shape index (κ1) is 16.8. The van der Waals surface area contributed by atoms with Crippen molar-refractivity contribution in [2.24, 2.45) is 0 Å². The molecule has 0 radical (unpaired) electrons. The van der Waals surface area contributed by atoms with Gasteiger partial charge in [0.15, 0.2) is 5.16 Å². The molecule has 118 valence electrons. The van der Waals surface area contributed by atoms with Crippen molar-refractivity contribution in [3.05, 3.63) is 22.0 Å². The second-order valence-corrected chi connectivity index (χ2v) is 6.60. The van der Waals surface area contributed by atoms with E-state index in [0.29, 0.717) is 18.0 Å². The maximum atomic E-state index is 12.0. The third-order valence-electron chi connectivity index (χ3n) is 3.20. The zero-order valence-electron chi connectivity index (χ0n) is 13.1. The summed E-state index contributed by atoms with van der Waals surface area (Å²) >= 11 is 2.93. The summed E-state index contributed by atoms with van der Waals surface area (Å²) in [6.07, 6.45) is 3.78. The molecule has 2 rings (SSSR count). The molecule has 0 bridgehead atoms. The van der Waals surface area contributed by atoms with E-state index < -0.39 is 0 Å². The monoisotopic (exact) mass is 337 g/mol. The predicted octanol–water partition coefficient (Wildman–Crippen LogP) is 2.80. The van der Waals surface area contributed by atoms with Gasteiger partial charge in [0.25, 0.3) is 0 Å². The highest BCUT2D eigenvalue weighted by molar-refractivity contribution is 7.98. The van der Waals surface area contributed by atoms with Crippen LogP contribution in [0.3, 0.4) is 0 Å². The van der Waals surface area contributed by atoms with Gasteiger partial charge in [-0.25, -0.2) is 9.97 Å². The van der Waals surface area contributed by atoms with E-state index in [1.165, 1.54) is 23.1 Å². The molecule has 22 heavy (non-hydrogen) atoms. The quantitative estimate of drug-likeness (QED) is 0.645. The van der Waals surface area contributed by atoms with Crippen LogP contribution < -0.4 is 5.32 Å². The summed E-state index contributed by atoms with van der Waals surface area (Å²) < 4.78 is 0. The zero-order chi connectivity index (χ0) is 16.1. The van der Waals surface area contributed by atoms with Gasteiger partial charge in [-0.15, -0.1) is 10.2 Å². The number of rotatable bonds is 6. The van der Waals surface area contributed by atoms with E-state index in [-0.39, 0.29) is 5.91 Å². The van der Waals surface area contributed by atoms with Crippen molar-refractivity contribution in [1.29, 1.82) is 0 Å². The summed E-state index contributed by atoms with van der Waals surface area (Å²) in [5.74, 6) is -0.0634. The zero-order valence-corrected chi connectivity index (χ0v) is 14.8. The predicted molar refractivity (Wildman–Crippen MR) is 89.5 cm³/mol. The minimum Gasteiger partial charge on any atom is -0.301 e. The minimum atomic E-state index is -0.0634. The van der Waals surface area contributed by atoms with Gasteiger partial charge < -0.3 is 5.32 Å². The number of thioether (sulfide) groups is 1. The molecule has 1 amide bonds. The first-order chi connectivity index (χ1) is 10.5. The number of anilines is 1. The Bertz CT molecular complexity index is 648. The topological polar surface area (TPSA) is 80.7 Å². The van der Waals surface area contributed by atoms with E-state index in [2.05, 4.69) is 25.5 Å². The highest BCUT2D eigenvalue weighted by Gasteiger charge is 2.12. The molecule has 0 aliphatic rings. The van der Waals surface area contributed by atoms with Gasteiger partial charge in [0.2, 0.25) is 11.0 Å². The smallest absolute Gasteiger partial charge is 0.226 e. The molecule has 0 fully saturated rings. The van der Waals surface area contributed by atoms with Crippen LogP contribution in [0.1, 0.15) is 35.3 Å². The molecule has 0 aliphatic heterocycles. The van der Waals surface area contributed by atoms with E-state index in [1.807, 2.05) is 27.0 Å². The number of amides is 1. The van der Waals surface area contributed by atoms with Crippen LogP contribution in [0.15, 0.2) is 5.16 Å². The van der Waals surface area contributed by atoms with Gasteiger partial charge in [0, 0.05) is 17.8 Å². The third kappa shape index (κ3) is 4.23. The van der Waals surface area contributed by atoms with Crippen LogP contribution in [-0.2, 0) is 17.6 Å². The number of hydrogen-bond donors (Lipinski definition) is 1. The number of carbonyl (C=O) groups excluding carboxylic acids is 1. The summed E-state index contributed by atoms with van der Waals surface area (Å²) in [6.45, 7) is 5.93. The maximum Gasteiger partial charge on any atom is 0.226 e. The van der Waals surface area contributed by atoms with Crippen molar-refractivity contribution in [1.82, 2.24) is 20.2 Å². The van der Waals surface area contributed by atoms with Crippen LogP contribution in [0.2, 0.25) is 0 Å². The molecule has 1 N–H and O–H groups in total. The fourth-order valence-electron chi connectivity index (χ4n) is 2.03. The molecule has 2 aromatic heterocycles. The second-order valence-electron chi connectivity index (χ2n) is 4.76. The lowest BCUT2D eigenvalue weighted by atomic mass is 10.1. The van der Waals surface area contributed by atoms with Crippen molar-refractivity contribution in [3.8, 4) is 0 Å². The fourth-order valence-corrected chi connectivity index (χ4v) is 3.18. The summed E-state index contributed by atoms with van der Waals surface area (Å²) in [5, 5.41) is 13.0. The van der Waals surface area contributed by atoms with Crippen LogP contribution >= 0.6 is 23.1 Å². The first-order valence-electron chi connectivity index (χ1n) is 7.03. The summed E-state index contributed by atoms with van der Waals surface area (Å²) in [7, 11) is 0. The Kier molecular flexibility index (Phi) is 5.84. The lowest BCUT2D eigenvalue weighted by Gasteiger charge is -2.09. The Morgan fingerprint density at radius 2 is 1.91 bits per heavy atom. The summed E-state index contributed by atoms with van der Waals surface area (Å²) in [6, 6.07) is 0. The van der Waals surface area contributed by atoms with Gasteiger partial charge >= 0.3 is 0 Å². The lowest BCUT2D eigenvalue weighted by Crippen LogP contribution is -2.13. The lowest BCUT2D eigenvalue weighted by molar-refractivity contribution is -0.116. The standard InChI is InChI=1S/C14H19N5OS2/c1-5-12-18-19-14(22-12)17-11(20)7-6-10-8(2)15-13(21-4)16-9(10)3/h5-7H2,1-4H3,(H,17,19,20). The van der Waals surface area contributed by atoms with E-state index in [1.54, 1.807) is 0 Å². The highest BCUT2D eigenvalue weighted by Crippen LogP contribution is 2.18. The molecule has 0 unspecified atom stereocenters. The largest absolute Gasteiger partial charge is 0.301 e. The molecular formula is C14H19N5OS2. The van der Waals surface area contributed by atoms with Crippen LogP contribution in [0, 0.1) is 13.8 Å². The van der Waals surface area contributed by atoms with Gasteiger partial charge in [-0.1, -0.05) is 30.0 Å². The highest BCUT2D eigenvalue weighted by atomic mass is 32.2. The van der Waals surface area contributed by atoms with E-state index in [9.17, 15) is 4.79 Å². The number of hydrogen-bond acceptors (Lipinski definition) is 7. The van der Waals surface area contributed by atoms with E-state index in [4.69, 9.17) is 0 Å². The molecule has 8 heteroatoms. The molecule has 0 saturated carbocycles. The maximum absolute atomic E-state index is 12.0. The Balaban J connectivity index is 1.96. The average molecular weight is 337 g/mol. The average Bonchev–Trinajstić information content (AvgIpc) is 2.93. The van der Waals surface area contributed by atoms with Crippen LogP contribution in [0.5, 0.6) is 0 Å². The number of aryl methyl sites for hydroxylation is 3. The molecule has 0 spiro atoms. The normalized spacial score (nSPS) is 10.7. The molecule has 0 saturated heterocycles. The molecule has 0 aliphatic carbocycles. The number of aromatic nitrogens is 4. The van der Waals surface area contributed by atoms with Gasteiger partial charge in [0.1, 0.15) is 5.01 Å². The molecule has 0 aromatic carbocycles. The van der Waals surface area contributed by atoms with Crippen molar-refractivity contribution in [3.63, 3.8) is 0 Å². The molecule has 2 heterocycles. The van der Waals surface area contributed by atoms with E-state index >= 15 is 0 Å². The van der Waals surface area contributed by atoms with Crippen molar-refractivity contribution >= 4 is 34.1 Å². The van der Waals surface area contributed by atoms with Gasteiger partial charge in [0.05, 0.1) is 0 Å². The van der Waals surface area contributed by atoms with Crippen molar-refractivity contribution in [2.45, 2.75) is 45.2 Å². The van der Waals surface area contributed by atoms with Crippen LogP contribution in [-0.4, -0.2) is 32.3 Å². The second kappa shape index (κ2) is 7.64. The van der Waals surface area contributed by atoms with Crippen LogP contribution in [0.4, 0.5) is 5.13 Å². The van der Waals surface area contributed by atoms with Crippen molar-refractivity contribution < 1.29 is 4.79 Å². The first-order valence-corrected chi connectivity index (χ1v) is 9.08. The molecular weight excluding hydrogens is 318 g/mol. The molecule has 2 aromatic rings. The Morgan fingerprint density at radius 1 is 1.23 bits per heavy atom. The van der Waals surface area contributed by atoms with Crippen LogP contribution in [0.25, 0.3) is 0 Å². The number of nitrogens with one attached hydrogen (secondary N) is 1. The third-order valence-corrected chi connectivity index (χ3v) is 4.73. The molecule has 0 atom stereocenters. The minimum absolute atomic E-state index is 0.0634. The van der Waals surface area contributed by atoms with Gasteiger partial charge in [-0.2, -0.15) is 0 Å². The Morgan fingerprint density at radius 3 is 2.45 bits per heavy atom. The van der Waals surface area contributed by atoms with E-state index in [0.717, 1.165) is 33.5 Å². The SMILES string of the molecule is CCc1nnc(NC(=O)CCc2c(C)nc(SC)nc2C)s1. The van der Waals surface area contributed by atoms with Crippen molar-refractivity contribution in [2.75, 3.05) is 11.6 Å².